The summed E-state index contributed by atoms with van der Waals surface area (Å²) in [5.74, 6) is 0. The van der Waals surface area contributed by atoms with Crippen LogP contribution in [0, 0.1) is 0 Å². The number of hydrogen-bond acceptors (Lipinski definition) is 0. The molecule has 0 bridgehead atoms. The van der Waals surface area contributed by atoms with Crippen molar-refractivity contribution in [2.75, 3.05) is 18.5 Å². The second kappa shape index (κ2) is 5.56. The molecule has 0 aromatic rings. The minimum Gasteiger partial charge on any atom is -0.107 e. The summed E-state index contributed by atoms with van der Waals surface area (Å²) in [4.78, 5) is 0. The van der Waals surface area contributed by atoms with Crippen molar-refractivity contribution in [1.29, 1.82) is 0 Å². The molecular weight excluding hydrogens is 115 g/mol. The van der Waals surface area contributed by atoms with Crippen LogP contribution in [0.15, 0.2) is 0 Å². The van der Waals surface area contributed by atoms with Crippen LogP contribution in [0.2, 0.25) is 0 Å². The lowest BCUT2D eigenvalue weighted by molar-refractivity contribution is 1.09. The van der Waals surface area contributed by atoms with Gasteiger partial charge in [0.25, 0.3) is 0 Å². The standard InChI is InChI=1S/C7H17P/c1-4-7-8(5-2)6-3/h4-7H2,1-3H3. The van der Waals surface area contributed by atoms with Crippen LogP contribution in [0.4, 0.5) is 0 Å². The normalized spacial score (nSPS) is 10.5. The van der Waals surface area contributed by atoms with Crippen LogP contribution in [0.25, 0.3) is 0 Å². The summed E-state index contributed by atoms with van der Waals surface area (Å²) < 4.78 is 0. The van der Waals surface area contributed by atoms with E-state index in [2.05, 4.69) is 20.8 Å². The maximum atomic E-state index is 2.31. The minimum atomic E-state index is 0.444. The van der Waals surface area contributed by atoms with E-state index in [4.69, 9.17) is 0 Å². The first-order valence-electron chi connectivity index (χ1n) is 3.57. The van der Waals surface area contributed by atoms with Crippen molar-refractivity contribution >= 4 is 7.92 Å². The van der Waals surface area contributed by atoms with E-state index in [9.17, 15) is 0 Å². The summed E-state index contributed by atoms with van der Waals surface area (Å²) in [5.41, 5.74) is 0. The summed E-state index contributed by atoms with van der Waals surface area (Å²) in [6, 6.07) is 0. The Kier molecular flexibility index (Phi) is 5.86. The van der Waals surface area contributed by atoms with E-state index in [1.807, 2.05) is 0 Å². The Morgan fingerprint density at radius 3 is 1.62 bits per heavy atom. The van der Waals surface area contributed by atoms with Gasteiger partial charge in [-0.25, -0.2) is 0 Å². The predicted molar refractivity (Wildman–Crippen MR) is 43.2 cm³/mol. The second-order valence-electron chi connectivity index (χ2n) is 2.03. The molecule has 0 fully saturated rings. The van der Waals surface area contributed by atoms with Crippen LogP contribution in [-0.2, 0) is 0 Å². The van der Waals surface area contributed by atoms with Gasteiger partial charge in [-0.2, -0.15) is 0 Å². The Morgan fingerprint density at radius 2 is 1.50 bits per heavy atom. The van der Waals surface area contributed by atoms with Gasteiger partial charge >= 0.3 is 0 Å². The highest BCUT2D eigenvalue weighted by atomic mass is 31.1. The van der Waals surface area contributed by atoms with Gasteiger partial charge in [0.05, 0.1) is 0 Å². The maximum Gasteiger partial charge on any atom is -0.0329 e. The summed E-state index contributed by atoms with van der Waals surface area (Å²) in [5, 5.41) is 0. The molecule has 0 aliphatic heterocycles. The second-order valence-corrected chi connectivity index (χ2v) is 5.08. The van der Waals surface area contributed by atoms with Crippen molar-refractivity contribution in [3.05, 3.63) is 0 Å². The molecular formula is C7H17P. The Labute approximate surface area is 54.4 Å². The van der Waals surface area contributed by atoms with Gasteiger partial charge in [0, 0.05) is 0 Å². The first-order valence-corrected chi connectivity index (χ1v) is 5.47. The van der Waals surface area contributed by atoms with Crippen LogP contribution >= 0.6 is 7.92 Å². The zero-order chi connectivity index (χ0) is 6.41. The van der Waals surface area contributed by atoms with E-state index in [0.29, 0.717) is 7.92 Å². The monoisotopic (exact) mass is 132 g/mol. The molecule has 0 unspecified atom stereocenters. The molecule has 0 radical (unpaired) electrons. The molecule has 0 N–H and O–H groups in total. The largest absolute Gasteiger partial charge is 0.107 e. The van der Waals surface area contributed by atoms with Crippen molar-refractivity contribution < 1.29 is 0 Å². The first kappa shape index (κ1) is 8.43. The van der Waals surface area contributed by atoms with Crippen LogP contribution in [0.5, 0.6) is 0 Å². The van der Waals surface area contributed by atoms with Gasteiger partial charge in [-0.1, -0.05) is 27.2 Å². The van der Waals surface area contributed by atoms with Gasteiger partial charge in [-0.15, -0.1) is 7.92 Å². The Bertz CT molecular complexity index is 39.7. The van der Waals surface area contributed by atoms with Crippen molar-refractivity contribution in [3.8, 4) is 0 Å². The van der Waals surface area contributed by atoms with Crippen LogP contribution in [0.3, 0.4) is 0 Å². The van der Waals surface area contributed by atoms with Gasteiger partial charge in [0.15, 0.2) is 0 Å². The molecule has 50 valence electrons. The van der Waals surface area contributed by atoms with E-state index >= 15 is 0 Å². The summed E-state index contributed by atoms with van der Waals surface area (Å²) in [6.45, 7) is 6.90. The van der Waals surface area contributed by atoms with Gasteiger partial charge < -0.3 is 0 Å². The third-order valence-electron chi connectivity index (χ3n) is 1.43. The molecule has 0 aromatic heterocycles. The number of rotatable bonds is 4. The highest BCUT2D eigenvalue weighted by Gasteiger charge is 1.97. The van der Waals surface area contributed by atoms with Gasteiger partial charge in [-0.3, -0.25) is 0 Å². The molecule has 0 aliphatic rings. The van der Waals surface area contributed by atoms with Crippen LogP contribution in [0.1, 0.15) is 27.2 Å². The average molecular weight is 132 g/mol. The van der Waals surface area contributed by atoms with E-state index in [1.165, 1.54) is 24.9 Å². The van der Waals surface area contributed by atoms with Crippen LogP contribution in [-0.4, -0.2) is 18.5 Å². The fourth-order valence-electron chi connectivity index (χ4n) is 0.856. The predicted octanol–water partition coefficient (Wildman–Crippen LogP) is 2.92. The van der Waals surface area contributed by atoms with Gasteiger partial charge in [0.1, 0.15) is 0 Å². The Balaban J connectivity index is 3.07. The molecule has 0 rings (SSSR count). The number of hydrogen-bond donors (Lipinski definition) is 0. The summed E-state index contributed by atoms with van der Waals surface area (Å²) in [7, 11) is 0.444. The van der Waals surface area contributed by atoms with Crippen LogP contribution < -0.4 is 0 Å². The van der Waals surface area contributed by atoms with Crippen molar-refractivity contribution in [2.45, 2.75) is 27.2 Å². The van der Waals surface area contributed by atoms with E-state index < -0.39 is 0 Å². The maximum absolute atomic E-state index is 2.31. The van der Waals surface area contributed by atoms with E-state index in [1.54, 1.807) is 0 Å². The Morgan fingerprint density at radius 1 is 1.00 bits per heavy atom. The molecule has 0 saturated carbocycles. The fraction of sp³-hybridized carbons (Fsp3) is 1.00. The SMILES string of the molecule is CCCP(CC)CC. The van der Waals surface area contributed by atoms with Crippen molar-refractivity contribution in [1.82, 2.24) is 0 Å². The highest BCUT2D eigenvalue weighted by Crippen LogP contribution is 2.34. The zero-order valence-corrected chi connectivity index (χ0v) is 7.17. The summed E-state index contributed by atoms with van der Waals surface area (Å²) >= 11 is 0. The molecule has 1 heteroatoms. The lowest BCUT2D eigenvalue weighted by Gasteiger charge is -2.09. The highest BCUT2D eigenvalue weighted by molar-refractivity contribution is 7.57. The van der Waals surface area contributed by atoms with Gasteiger partial charge in [-0.05, 0) is 18.5 Å². The Hall–Kier alpha value is 0.430. The molecule has 0 amide bonds. The summed E-state index contributed by atoms with van der Waals surface area (Å²) in [6.07, 6.45) is 5.73. The van der Waals surface area contributed by atoms with E-state index in [0.717, 1.165) is 0 Å². The molecule has 0 aromatic carbocycles. The average Bonchev–Trinajstić information content (AvgIpc) is 1.83. The molecule has 0 saturated heterocycles. The fourth-order valence-corrected chi connectivity index (χ4v) is 2.57. The third-order valence-corrected chi connectivity index (χ3v) is 4.30. The molecule has 0 atom stereocenters. The molecule has 0 nitrogen and oxygen atoms in total. The lowest BCUT2D eigenvalue weighted by Crippen LogP contribution is -1.86. The zero-order valence-electron chi connectivity index (χ0n) is 6.28. The van der Waals surface area contributed by atoms with Crippen molar-refractivity contribution in [2.24, 2.45) is 0 Å². The third kappa shape index (κ3) is 3.43. The quantitative estimate of drug-likeness (QED) is 0.516. The minimum absolute atomic E-state index is 0.444. The molecule has 0 heterocycles. The first-order chi connectivity index (χ1) is 3.85. The lowest BCUT2D eigenvalue weighted by atomic mass is 10.6. The molecule has 0 aliphatic carbocycles. The molecule has 8 heavy (non-hydrogen) atoms. The van der Waals surface area contributed by atoms with Crippen molar-refractivity contribution in [3.63, 3.8) is 0 Å². The van der Waals surface area contributed by atoms with E-state index in [-0.39, 0.29) is 0 Å². The smallest absolute Gasteiger partial charge is 0.0329 e. The topological polar surface area (TPSA) is 0 Å². The molecule has 0 spiro atoms. The van der Waals surface area contributed by atoms with Gasteiger partial charge in [0.2, 0.25) is 0 Å².